The molecule has 0 saturated heterocycles. The van der Waals surface area contributed by atoms with E-state index in [1.54, 1.807) is 7.11 Å². The lowest BCUT2D eigenvalue weighted by Gasteiger charge is -2.36. The Hall–Kier alpha value is 0.440. The van der Waals surface area contributed by atoms with E-state index in [1.807, 2.05) is 0 Å². The SMILES string of the molecule is CCC(CC)(CBr)C(C)CCOC. The fourth-order valence-corrected chi connectivity index (χ4v) is 3.21. The molecule has 1 atom stereocenters. The number of ether oxygens (including phenoxy) is 1. The van der Waals surface area contributed by atoms with Gasteiger partial charge in [0.1, 0.15) is 0 Å². The van der Waals surface area contributed by atoms with Gasteiger partial charge in [-0.3, -0.25) is 0 Å². The Labute approximate surface area is 91.4 Å². The third kappa shape index (κ3) is 3.59. The molecule has 1 unspecified atom stereocenters. The quantitative estimate of drug-likeness (QED) is 0.624. The molecule has 0 radical (unpaired) electrons. The van der Waals surface area contributed by atoms with Crippen molar-refractivity contribution in [1.29, 1.82) is 0 Å². The van der Waals surface area contributed by atoms with Crippen LogP contribution in [-0.4, -0.2) is 19.0 Å². The number of hydrogen-bond acceptors (Lipinski definition) is 1. The second-order valence-electron chi connectivity index (χ2n) is 3.89. The smallest absolute Gasteiger partial charge is 0.0465 e. The molecule has 0 aliphatic heterocycles. The van der Waals surface area contributed by atoms with Gasteiger partial charge in [-0.15, -0.1) is 0 Å². The van der Waals surface area contributed by atoms with Crippen molar-refractivity contribution >= 4 is 15.9 Å². The molecule has 0 heterocycles. The Morgan fingerprint density at radius 2 is 1.85 bits per heavy atom. The molecule has 0 aromatic carbocycles. The van der Waals surface area contributed by atoms with Gasteiger partial charge in [-0.25, -0.2) is 0 Å². The van der Waals surface area contributed by atoms with E-state index in [1.165, 1.54) is 19.3 Å². The van der Waals surface area contributed by atoms with Gasteiger partial charge in [0.05, 0.1) is 0 Å². The summed E-state index contributed by atoms with van der Waals surface area (Å²) < 4.78 is 5.13. The maximum atomic E-state index is 5.13. The van der Waals surface area contributed by atoms with Gasteiger partial charge in [0.25, 0.3) is 0 Å². The summed E-state index contributed by atoms with van der Waals surface area (Å²) in [5.74, 6) is 0.738. The van der Waals surface area contributed by atoms with Gasteiger partial charge in [0, 0.05) is 19.0 Å². The van der Waals surface area contributed by atoms with Crippen molar-refractivity contribution in [3.63, 3.8) is 0 Å². The number of rotatable bonds is 7. The molecule has 0 rings (SSSR count). The molecule has 13 heavy (non-hydrogen) atoms. The molecule has 0 bridgehead atoms. The normalized spacial score (nSPS) is 14.5. The first-order valence-electron chi connectivity index (χ1n) is 5.21. The van der Waals surface area contributed by atoms with Crippen LogP contribution in [0.1, 0.15) is 40.0 Å². The van der Waals surface area contributed by atoms with E-state index in [4.69, 9.17) is 4.74 Å². The highest BCUT2D eigenvalue weighted by atomic mass is 79.9. The number of methoxy groups -OCH3 is 1. The van der Waals surface area contributed by atoms with Crippen molar-refractivity contribution in [2.75, 3.05) is 19.0 Å². The van der Waals surface area contributed by atoms with Crippen LogP contribution in [0.4, 0.5) is 0 Å². The molecule has 2 heteroatoms. The van der Waals surface area contributed by atoms with Crippen molar-refractivity contribution < 1.29 is 4.74 Å². The highest BCUT2D eigenvalue weighted by Gasteiger charge is 2.30. The van der Waals surface area contributed by atoms with Crippen molar-refractivity contribution in [2.24, 2.45) is 11.3 Å². The number of hydrogen-bond donors (Lipinski definition) is 0. The summed E-state index contributed by atoms with van der Waals surface area (Å²) in [7, 11) is 1.78. The van der Waals surface area contributed by atoms with Gasteiger partial charge in [-0.05, 0) is 30.6 Å². The fraction of sp³-hybridized carbons (Fsp3) is 1.00. The first-order valence-corrected chi connectivity index (χ1v) is 6.33. The predicted octanol–water partition coefficient (Wildman–Crippen LogP) is 3.86. The molecule has 0 fully saturated rings. The molecule has 0 saturated carbocycles. The molecule has 0 aliphatic carbocycles. The zero-order valence-electron chi connectivity index (χ0n) is 9.40. The molecule has 0 aromatic rings. The molecular formula is C11H23BrO. The summed E-state index contributed by atoms with van der Waals surface area (Å²) in [5.41, 5.74) is 0.471. The van der Waals surface area contributed by atoms with Gasteiger partial charge in [-0.2, -0.15) is 0 Å². The summed E-state index contributed by atoms with van der Waals surface area (Å²) in [5, 5.41) is 1.11. The van der Waals surface area contributed by atoms with E-state index >= 15 is 0 Å². The maximum Gasteiger partial charge on any atom is 0.0465 e. The molecule has 0 spiro atoms. The Balaban J connectivity index is 4.17. The highest BCUT2D eigenvalue weighted by molar-refractivity contribution is 9.09. The Morgan fingerprint density at radius 1 is 1.31 bits per heavy atom. The monoisotopic (exact) mass is 250 g/mol. The van der Waals surface area contributed by atoms with Gasteiger partial charge in [-0.1, -0.05) is 36.7 Å². The summed E-state index contributed by atoms with van der Waals surface area (Å²) in [6.45, 7) is 7.80. The lowest BCUT2D eigenvalue weighted by Crippen LogP contribution is -2.30. The van der Waals surface area contributed by atoms with Crippen LogP contribution in [0.25, 0.3) is 0 Å². The minimum absolute atomic E-state index is 0.471. The third-order valence-corrected chi connectivity index (χ3v) is 4.59. The zero-order chi connectivity index (χ0) is 10.3. The highest BCUT2D eigenvalue weighted by Crippen LogP contribution is 2.38. The molecule has 1 nitrogen and oxygen atoms in total. The summed E-state index contributed by atoms with van der Waals surface area (Å²) in [6, 6.07) is 0. The van der Waals surface area contributed by atoms with Gasteiger partial charge >= 0.3 is 0 Å². The summed E-state index contributed by atoms with van der Waals surface area (Å²) in [4.78, 5) is 0. The Morgan fingerprint density at radius 3 is 2.15 bits per heavy atom. The largest absolute Gasteiger partial charge is 0.385 e. The van der Waals surface area contributed by atoms with E-state index in [9.17, 15) is 0 Å². The van der Waals surface area contributed by atoms with E-state index in [0.717, 1.165) is 17.9 Å². The van der Waals surface area contributed by atoms with Crippen molar-refractivity contribution in [1.82, 2.24) is 0 Å². The van der Waals surface area contributed by atoms with Gasteiger partial charge < -0.3 is 4.74 Å². The fourth-order valence-electron chi connectivity index (χ4n) is 1.87. The molecule has 0 amide bonds. The van der Waals surface area contributed by atoms with Crippen molar-refractivity contribution in [3.05, 3.63) is 0 Å². The minimum Gasteiger partial charge on any atom is -0.385 e. The van der Waals surface area contributed by atoms with Crippen LogP contribution in [0, 0.1) is 11.3 Å². The van der Waals surface area contributed by atoms with E-state index < -0.39 is 0 Å². The topological polar surface area (TPSA) is 9.23 Å². The maximum absolute atomic E-state index is 5.13. The third-order valence-electron chi connectivity index (χ3n) is 3.47. The van der Waals surface area contributed by atoms with E-state index in [0.29, 0.717) is 5.41 Å². The molecule has 0 aliphatic rings. The van der Waals surface area contributed by atoms with E-state index in [-0.39, 0.29) is 0 Å². The first-order chi connectivity index (χ1) is 6.16. The molecule has 0 N–H and O–H groups in total. The Bertz CT molecular complexity index is 113. The lowest BCUT2D eigenvalue weighted by atomic mass is 9.72. The lowest BCUT2D eigenvalue weighted by molar-refractivity contribution is 0.122. The molecule has 0 aromatic heterocycles. The van der Waals surface area contributed by atoms with Gasteiger partial charge in [0.15, 0.2) is 0 Å². The summed E-state index contributed by atoms with van der Waals surface area (Å²) >= 11 is 3.65. The molecule has 80 valence electrons. The average Bonchev–Trinajstić information content (AvgIpc) is 2.18. The standard InChI is InChI=1S/C11H23BrO/c1-5-11(6-2,9-12)10(3)7-8-13-4/h10H,5-9H2,1-4H3. The van der Waals surface area contributed by atoms with Gasteiger partial charge in [0.2, 0.25) is 0 Å². The number of halogens is 1. The minimum atomic E-state index is 0.471. The van der Waals surface area contributed by atoms with Crippen LogP contribution in [-0.2, 0) is 4.74 Å². The van der Waals surface area contributed by atoms with Crippen LogP contribution in [0.5, 0.6) is 0 Å². The Kier molecular flexibility index (Phi) is 7.06. The van der Waals surface area contributed by atoms with Crippen LogP contribution in [0.2, 0.25) is 0 Å². The van der Waals surface area contributed by atoms with Crippen LogP contribution >= 0.6 is 15.9 Å². The van der Waals surface area contributed by atoms with Crippen molar-refractivity contribution in [3.8, 4) is 0 Å². The van der Waals surface area contributed by atoms with Crippen LogP contribution in [0.15, 0.2) is 0 Å². The molecular weight excluding hydrogens is 228 g/mol. The zero-order valence-corrected chi connectivity index (χ0v) is 11.0. The second-order valence-corrected chi connectivity index (χ2v) is 4.45. The first kappa shape index (κ1) is 13.4. The van der Waals surface area contributed by atoms with E-state index in [2.05, 4.69) is 36.7 Å². The van der Waals surface area contributed by atoms with Crippen molar-refractivity contribution in [2.45, 2.75) is 40.0 Å². The second kappa shape index (κ2) is 6.83. The van der Waals surface area contributed by atoms with Crippen LogP contribution < -0.4 is 0 Å². The predicted molar refractivity (Wildman–Crippen MR) is 62.5 cm³/mol. The number of alkyl halides is 1. The van der Waals surface area contributed by atoms with Crippen LogP contribution in [0.3, 0.4) is 0 Å². The summed E-state index contributed by atoms with van der Waals surface area (Å²) in [6.07, 6.45) is 3.67. The average molecular weight is 251 g/mol.